The van der Waals surface area contributed by atoms with Crippen LogP contribution in [-0.2, 0) is 29.2 Å². The number of benzene rings is 3. The number of halogens is 1. The Balaban J connectivity index is 1.59. The minimum Gasteiger partial charge on any atom is -0.493 e. The van der Waals surface area contributed by atoms with Gasteiger partial charge in [-0.2, -0.15) is 0 Å². The van der Waals surface area contributed by atoms with E-state index in [1.54, 1.807) is 35.2 Å². The maximum absolute atomic E-state index is 13.9. The van der Waals surface area contributed by atoms with Crippen LogP contribution in [0, 0.1) is 0 Å². The van der Waals surface area contributed by atoms with Crippen LogP contribution in [0.15, 0.2) is 78.4 Å². The molecule has 0 saturated carbocycles. The summed E-state index contributed by atoms with van der Waals surface area (Å²) >= 11 is 6.10. The van der Waals surface area contributed by atoms with Crippen LogP contribution >= 0.6 is 11.6 Å². The largest absolute Gasteiger partial charge is 0.493 e. The number of carbonyl (C=O) groups is 2. The SMILES string of the molecule is COc1cc(CO)cc2c1O[C@@H]1[C@@H](O)[C@H](N(Cc3ccc(Cl)cc3)C(=O)Cc3ccccc3)C=C(C(=O)NCCO)[C@H]21. The Hall–Kier alpha value is -3.89. The van der Waals surface area contributed by atoms with E-state index < -0.39 is 30.1 Å². The second-order valence-electron chi connectivity index (χ2n) is 10.3. The van der Waals surface area contributed by atoms with E-state index in [-0.39, 0.29) is 44.2 Å². The summed E-state index contributed by atoms with van der Waals surface area (Å²) in [6, 6.07) is 18.8. The van der Waals surface area contributed by atoms with E-state index in [0.717, 1.165) is 11.1 Å². The van der Waals surface area contributed by atoms with Crippen molar-refractivity contribution in [1.29, 1.82) is 0 Å². The molecular formula is C32H33ClN2O7. The highest BCUT2D eigenvalue weighted by Crippen LogP contribution is 2.51. The van der Waals surface area contributed by atoms with Gasteiger partial charge in [-0.05, 0) is 47.0 Å². The van der Waals surface area contributed by atoms with Crippen molar-refractivity contribution < 1.29 is 34.4 Å². The van der Waals surface area contributed by atoms with Crippen molar-refractivity contribution in [2.75, 3.05) is 20.3 Å². The fourth-order valence-electron chi connectivity index (χ4n) is 5.64. The summed E-state index contributed by atoms with van der Waals surface area (Å²) in [4.78, 5) is 29.0. The van der Waals surface area contributed by atoms with Gasteiger partial charge in [-0.1, -0.05) is 54.1 Å². The lowest BCUT2D eigenvalue weighted by molar-refractivity contribution is -0.137. The number of fused-ring (bicyclic) bond motifs is 3. The highest BCUT2D eigenvalue weighted by Gasteiger charge is 2.51. The molecular weight excluding hydrogens is 560 g/mol. The Labute approximate surface area is 248 Å². The van der Waals surface area contributed by atoms with Gasteiger partial charge in [-0.25, -0.2) is 0 Å². The molecule has 2 amide bonds. The third kappa shape index (κ3) is 6.00. The lowest BCUT2D eigenvalue weighted by Gasteiger charge is -2.41. The molecule has 0 unspecified atom stereocenters. The minimum absolute atomic E-state index is 0.0237. The number of ether oxygens (including phenoxy) is 2. The Morgan fingerprint density at radius 1 is 1.02 bits per heavy atom. The number of nitrogens with zero attached hydrogens (tertiary/aromatic N) is 1. The average Bonchev–Trinajstić information content (AvgIpc) is 3.40. The van der Waals surface area contributed by atoms with Crippen LogP contribution in [0.3, 0.4) is 0 Å². The molecule has 1 aliphatic heterocycles. The fourth-order valence-corrected chi connectivity index (χ4v) is 5.76. The van der Waals surface area contributed by atoms with E-state index in [1.807, 2.05) is 42.5 Å². The van der Waals surface area contributed by atoms with Crippen LogP contribution in [0.2, 0.25) is 5.02 Å². The molecule has 0 fully saturated rings. The van der Waals surface area contributed by atoms with Crippen LogP contribution in [0.5, 0.6) is 11.5 Å². The summed E-state index contributed by atoms with van der Waals surface area (Å²) in [5.41, 5.74) is 3.03. The van der Waals surface area contributed by atoms with Gasteiger partial charge >= 0.3 is 0 Å². The number of aliphatic hydroxyl groups is 3. The summed E-state index contributed by atoms with van der Waals surface area (Å²) in [5.74, 6) is -0.677. The number of rotatable bonds is 10. The first-order valence-corrected chi connectivity index (χ1v) is 14.1. The van der Waals surface area contributed by atoms with Gasteiger partial charge in [0.25, 0.3) is 0 Å². The molecule has 0 saturated heterocycles. The molecule has 5 rings (SSSR count). The molecule has 1 aliphatic carbocycles. The quantitative estimate of drug-likeness (QED) is 0.285. The lowest BCUT2D eigenvalue weighted by Crippen LogP contribution is -2.55. The van der Waals surface area contributed by atoms with Crippen molar-refractivity contribution in [1.82, 2.24) is 10.2 Å². The normalized spacial score (nSPS) is 20.5. The van der Waals surface area contributed by atoms with E-state index in [0.29, 0.717) is 27.6 Å². The third-order valence-electron chi connectivity index (χ3n) is 7.64. The van der Waals surface area contributed by atoms with E-state index in [2.05, 4.69) is 5.32 Å². The number of nitrogens with one attached hydrogen (secondary N) is 1. The van der Waals surface area contributed by atoms with Gasteiger partial charge in [0.1, 0.15) is 12.2 Å². The van der Waals surface area contributed by atoms with Gasteiger partial charge in [-0.15, -0.1) is 0 Å². The molecule has 4 atom stereocenters. The Bertz CT molecular complexity index is 1460. The highest BCUT2D eigenvalue weighted by molar-refractivity contribution is 6.30. The molecule has 0 radical (unpaired) electrons. The molecule has 2 aliphatic rings. The van der Waals surface area contributed by atoms with Crippen molar-refractivity contribution in [2.24, 2.45) is 0 Å². The van der Waals surface area contributed by atoms with Gasteiger partial charge in [0.05, 0.1) is 38.7 Å². The number of methoxy groups -OCH3 is 1. The number of carbonyl (C=O) groups excluding carboxylic acids is 2. The summed E-state index contributed by atoms with van der Waals surface area (Å²) in [5, 5.41) is 34.3. The van der Waals surface area contributed by atoms with Gasteiger partial charge < -0.3 is 35.0 Å². The predicted molar refractivity (Wildman–Crippen MR) is 156 cm³/mol. The molecule has 1 heterocycles. The van der Waals surface area contributed by atoms with Gasteiger partial charge in [0.15, 0.2) is 11.5 Å². The van der Waals surface area contributed by atoms with Crippen molar-refractivity contribution in [3.8, 4) is 11.5 Å². The first-order chi connectivity index (χ1) is 20.3. The molecule has 3 aromatic carbocycles. The van der Waals surface area contributed by atoms with Crippen LogP contribution in [0.4, 0.5) is 0 Å². The van der Waals surface area contributed by atoms with E-state index in [9.17, 15) is 24.9 Å². The molecule has 0 bridgehead atoms. The zero-order valence-electron chi connectivity index (χ0n) is 23.1. The second-order valence-corrected chi connectivity index (χ2v) is 10.8. The molecule has 3 aromatic rings. The molecule has 9 nitrogen and oxygen atoms in total. The number of aliphatic hydroxyl groups excluding tert-OH is 3. The van der Waals surface area contributed by atoms with Crippen molar-refractivity contribution in [3.63, 3.8) is 0 Å². The zero-order valence-corrected chi connectivity index (χ0v) is 23.8. The molecule has 10 heteroatoms. The molecule has 42 heavy (non-hydrogen) atoms. The van der Waals surface area contributed by atoms with E-state index in [4.69, 9.17) is 21.1 Å². The monoisotopic (exact) mass is 592 g/mol. The maximum Gasteiger partial charge on any atom is 0.247 e. The standard InChI is InChI=1S/C32H33ClN2O7/c1-41-26-14-21(18-37)13-23-28-24(32(40)34-11-12-36)16-25(29(39)31(28)42-30(23)26)35(17-20-7-9-22(33)10-8-20)27(38)15-19-5-3-2-4-6-19/h2-10,13-14,16,25,28-29,31,36-37,39H,11-12,15,17-18H2,1H3,(H,34,40)/t25-,28+,29+,31+/m1/s1. The van der Waals surface area contributed by atoms with Crippen molar-refractivity contribution in [2.45, 2.75) is 43.7 Å². The molecule has 0 spiro atoms. The fraction of sp³-hybridized carbons (Fsp3) is 0.312. The number of amides is 2. The van der Waals surface area contributed by atoms with Crippen molar-refractivity contribution in [3.05, 3.63) is 106 Å². The molecule has 0 aromatic heterocycles. The topological polar surface area (TPSA) is 129 Å². The highest BCUT2D eigenvalue weighted by atomic mass is 35.5. The number of hydrogen-bond donors (Lipinski definition) is 4. The third-order valence-corrected chi connectivity index (χ3v) is 7.89. The Morgan fingerprint density at radius 2 is 1.76 bits per heavy atom. The smallest absolute Gasteiger partial charge is 0.247 e. The molecule has 220 valence electrons. The van der Waals surface area contributed by atoms with Crippen LogP contribution in [0.1, 0.15) is 28.2 Å². The average molecular weight is 593 g/mol. The summed E-state index contributed by atoms with van der Waals surface area (Å²) in [6.45, 7) is -0.345. The Morgan fingerprint density at radius 3 is 2.43 bits per heavy atom. The number of hydrogen-bond acceptors (Lipinski definition) is 7. The van der Waals surface area contributed by atoms with Crippen LogP contribution in [0.25, 0.3) is 0 Å². The van der Waals surface area contributed by atoms with Gasteiger partial charge in [-0.3, -0.25) is 9.59 Å². The molecule has 4 N–H and O–H groups in total. The lowest BCUT2D eigenvalue weighted by atomic mass is 9.77. The van der Waals surface area contributed by atoms with Gasteiger partial charge in [0.2, 0.25) is 11.8 Å². The second kappa shape index (κ2) is 13.0. The summed E-state index contributed by atoms with van der Waals surface area (Å²) in [6.07, 6.45) is -0.440. The van der Waals surface area contributed by atoms with Crippen LogP contribution in [-0.4, -0.2) is 70.5 Å². The minimum atomic E-state index is -1.22. The maximum atomic E-state index is 13.9. The van der Waals surface area contributed by atoms with Gasteiger partial charge in [0, 0.05) is 29.2 Å². The first-order valence-electron chi connectivity index (χ1n) is 13.7. The predicted octanol–water partition coefficient (Wildman–Crippen LogP) is 2.74. The Kier molecular flexibility index (Phi) is 9.13. The first kappa shape index (κ1) is 29.6. The van der Waals surface area contributed by atoms with E-state index in [1.165, 1.54) is 7.11 Å². The summed E-state index contributed by atoms with van der Waals surface area (Å²) < 4.78 is 11.8. The van der Waals surface area contributed by atoms with E-state index >= 15 is 0 Å². The van der Waals surface area contributed by atoms with Crippen molar-refractivity contribution >= 4 is 23.4 Å². The summed E-state index contributed by atoms with van der Waals surface area (Å²) in [7, 11) is 1.47. The van der Waals surface area contributed by atoms with Crippen LogP contribution < -0.4 is 14.8 Å². The zero-order chi connectivity index (χ0) is 29.8.